The molecule has 0 amide bonds. The molecule has 2 aromatic rings. The van der Waals surface area contributed by atoms with E-state index in [1.165, 1.54) is 24.7 Å². The van der Waals surface area contributed by atoms with Gasteiger partial charge in [0.2, 0.25) is 0 Å². The monoisotopic (exact) mass is 294 g/mol. The van der Waals surface area contributed by atoms with Crippen LogP contribution in [0.25, 0.3) is 0 Å². The molecule has 0 saturated carbocycles. The van der Waals surface area contributed by atoms with Crippen LogP contribution in [-0.2, 0) is 0 Å². The first kappa shape index (κ1) is 15.6. The Kier molecular flexibility index (Phi) is 5.61. The third-order valence-electron chi connectivity index (χ3n) is 2.27. The summed E-state index contributed by atoms with van der Waals surface area (Å²) in [6, 6.07) is 3.02. The maximum Gasteiger partial charge on any atom is 0.337 e. The van der Waals surface area contributed by atoms with Crippen molar-refractivity contribution in [3.8, 4) is 0 Å². The van der Waals surface area contributed by atoms with Gasteiger partial charge in [0, 0.05) is 24.8 Å². The first-order valence-corrected chi connectivity index (χ1v) is 5.78. The van der Waals surface area contributed by atoms with Gasteiger partial charge in [0.05, 0.1) is 16.1 Å². The van der Waals surface area contributed by atoms with Crippen LogP contribution in [0.4, 0.5) is 0 Å². The molecule has 7 heteroatoms. The molecule has 2 aromatic heterocycles. The van der Waals surface area contributed by atoms with E-state index in [9.17, 15) is 9.59 Å². The number of pyridine rings is 2. The van der Waals surface area contributed by atoms with Crippen LogP contribution < -0.4 is 0 Å². The second-order valence-electron chi connectivity index (χ2n) is 3.66. The van der Waals surface area contributed by atoms with E-state index in [0.717, 1.165) is 5.56 Å². The summed E-state index contributed by atoms with van der Waals surface area (Å²) in [6.45, 7) is 1.74. The lowest BCUT2D eigenvalue weighted by Crippen LogP contribution is -1.99. The summed E-state index contributed by atoms with van der Waals surface area (Å²) in [5, 5.41) is 17.1. The Balaban J connectivity index is 0.000000200. The first-order valence-electron chi connectivity index (χ1n) is 5.40. The van der Waals surface area contributed by atoms with Gasteiger partial charge in [-0.2, -0.15) is 0 Å². The Morgan fingerprint density at radius 2 is 1.55 bits per heavy atom. The zero-order valence-electron chi connectivity index (χ0n) is 10.4. The fraction of sp³-hybridized carbons (Fsp3) is 0.0769. The van der Waals surface area contributed by atoms with Crippen molar-refractivity contribution in [1.29, 1.82) is 0 Å². The lowest BCUT2D eigenvalue weighted by Gasteiger charge is -1.95. The summed E-state index contributed by atoms with van der Waals surface area (Å²) < 4.78 is 0. The molecule has 2 N–H and O–H groups in total. The SMILES string of the molecule is Cc1ccncc1C(=O)O.O=C(O)c1ccncc1Cl. The van der Waals surface area contributed by atoms with Gasteiger partial charge in [0.25, 0.3) is 0 Å². The van der Waals surface area contributed by atoms with Crippen LogP contribution in [-0.4, -0.2) is 32.1 Å². The minimum atomic E-state index is -1.03. The number of aromatic carboxylic acids is 2. The Hall–Kier alpha value is -2.47. The summed E-state index contributed by atoms with van der Waals surface area (Å²) in [4.78, 5) is 28.0. The van der Waals surface area contributed by atoms with E-state index in [0.29, 0.717) is 0 Å². The molecule has 2 heterocycles. The van der Waals surface area contributed by atoms with Gasteiger partial charge in [-0.1, -0.05) is 11.6 Å². The molecule has 0 bridgehead atoms. The van der Waals surface area contributed by atoms with Crippen molar-refractivity contribution >= 4 is 23.5 Å². The molecular formula is C13H11ClN2O4. The van der Waals surface area contributed by atoms with Crippen LogP contribution in [0.5, 0.6) is 0 Å². The molecule has 0 spiro atoms. The molecular weight excluding hydrogens is 284 g/mol. The van der Waals surface area contributed by atoms with Gasteiger partial charge in [-0.3, -0.25) is 9.97 Å². The largest absolute Gasteiger partial charge is 0.478 e. The summed E-state index contributed by atoms with van der Waals surface area (Å²) >= 11 is 5.48. The minimum Gasteiger partial charge on any atom is -0.478 e. The van der Waals surface area contributed by atoms with Crippen LogP contribution in [0.2, 0.25) is 5.02 Å². The van der Waals surface area contributed by atoms with Crippen LogP contribution in [0.1, 0.15) is 26.3 Å². The molecule has 0 aromatic carbocycles. The molecule has 0 aliphatic carbocycles. The number of hydrogen-bond acceptors (Lipinski definition) is 4. The maximum absolute atomic E-state index is 10.4. The lowest BCUT2D eigenvalue weighted by atomic mass is 10.2. The van der Waals surface area contributed by atoms with E-state index in [-0.39, 0.29) is 16.1 Å². The number of halogens is 1. The number of carbonyl (C=O) groups is 2. The van der Waals surface area contributed by atoms with Crippen molar-refractivity contribution < 1.29 is 19.8 Å². The number of hydrogen-bond donors (Lipinski definition) is 2. The van der Waals surface area contributed by atoms with Gasteiger partial charge < -0.3 is 10.2 Å². The summed E-state index contributed by atoms with van der Waals surface area (Å²) in [6.07, 6.45) is 5.60. The van der Waals surface area contributed by atoms with E-state index >= 15 is 0 Å². The molecule has 0 saturated heterocycles. The van der Waals surface area contributed by atoms with Crippen molar-refractivity contribution in [3.05, 3.63) is 58.6 Å². The molecule has 20 heavy (non-hydrogen) atoms. The highest BCUT2D eigenvalue weighted by Gasteiger charge is 2.05. The van der Waals surface area contributed by atoms with Crippen molar-refractivity contribution in [2.45, 2.75) is 6.92 Å². The third kappa shape index (κ3) is 4.33. The highest BCUT2D eigenvalue weighted by atomic mass is 35.5. The number of aryl methyl sites for hydroxylation is 1. The highest BCUT2D eigenvalue weighted by Crippen LogP contribution is 2.12. The lowest BCUT2D eigenvalue weighted by molar-refractivity contribution is 0.0685. The molecule has 0 atom stereocenters. The highest BCUT2D eigenvalue weighted by molar-refractivity contribution is 6.33. The van der Waals surface area contributed by atoms with E-state index in [2.05, 4.69) is 9.97 Å². The second kappa shape index (κ2) is 7.20. The van der Waals surface area contributed by atoms with Crippen molar-refractivity contribution in [1.82, 2.24) is 9.97 Å². The molecule has 104 valence electrons. The fourth-order valence-electron chi connectivity index (χ4n) is 1.24. The van der Waals surface area contributed by atoms with Gasteiger partial charge >= 0.3 is 11.9 Å². The van der Waals surface area contributed by atoms with Crippen LogP contribution in [0.3, 0.4) is 0 Å². The van der Waals surface area contributed by atoms with Gasteiger partial charge in [0.1, 0.15) is 0 Å². The Morgan fingerprint density at radius 3 is 1.95 bits per heavy atom. The third-order valence-corrected chi connectivity index (χ3v) is 2.57. The normalized spacial score (nSPS) is 9.30. The second-order valence-corrected chi connectivity index (χ2v) is 4.06. The van der Waals surface area contributed by atoms with Crippen LogP contribution >= 0.6 is 11.6 Å². The predicted octanol–water partition coefficient (Wildman–Crippen LogP) is 2.52. The number of carboxylic acids is 2. The Morgan fingerprint density at radius 1 is 1.00 bits per heavy atom. The van der Waals surface area contributed by atoms with E-state index in [4.69, 9.17) is 21.8 Å². The molecule has 2 rings (SSSR count). The summed E-state index contributed by atoms with van der Waals surface area (Å²) in [7, 11) is 0. The average Bonchev–Trinajstić information content (AvgIpc) is 2.40. The maximum atomic E-state index is 10.4. The van der Waals surface area contributed by atoms with Crippen LogP contribution in [0.15, 0.2) is 36.9 Å². The van der Waals surface area contributed by atoms with E-state index < -0.39 is 11.9 Å². The minimum absolute atomic E-state index is 0.0802. The smallest absolute Gasteiger partial charge is 0.337 e. The summed E-state index contributed by atoms with van der Waals surface area (Å²) in [5.41, 5.74) is 1.08. The van der Waals surface area contributed by atoms with Gasteiger partial charge in [-0.05, 0) is 24.6 Å². The Bertz CT molecular complexity index is 576. The zero-order valence-corrected chi connectivity index (χ0v) is 11.2. The molecule has 0 radical (unpaired) electrons. The molecule has 0 fully saturated rings. The van der Waals surface area contributed by atoms with Crippen molar-refractivity contribution in [3.63, 3.8) is 0 Å². The standard InChI is InChI=1S/C7H7NO2.C6H4ClNO2/c1-5-2-3-8-4-6(5)7(9)10;7-5-3-8-2-1-4(5)6(9)10/h2-4H,1H3,(H,9,10);1-3H,(H,9,10). The zero-order chi connectivity index (χ0) is 15.1. The fourth-order valence-corrected chi connectivity index (χ4v) is 1.44. The summed E-state index contributed by atoms with van der Waals surface area (Å²) in [5.74, 6) is -1.96. The number of aromatic nitrogens is 2. The van der Waals surface area contributed by atoms with E-state index in [1.807, 2.05) is 0 Å². The van der Waals surface area contributed by atoms with E-state index in [1.54, 1.807) is 19.2 Å². The number of carboxylic acid groups (broad SMARTS) is 2. The average molecular weight is 295 g/mol. The van der Waals surface area contributed by atoms with Crippen LogP contribution in [0, 0.1) is 6.92 Å². The quantitative estimate of drug-likeness (QED) is 0.882. The molecule has 6 nitrogen and oxygen atoms in total. The number of rotatable bonds is 2. The molecule has 0 unspecified atom stereocenters. The van der Waals surface area contributed by atoms with Crippen molar-refractivity contribution in [2.24, 2.45) is 0 Å². The predicted molar refractivity (Wildman–Crippen MR) is 72.1 cm³/mol. The Labute approximate surface area is 119 Å². The first-order chi connectivity index (χ1) is 9.43. The topological polar surface area (TPSA) is 100 Å². The number of nitrogens with zero attached hydrogens (tertiary/aromatic N) is 2. The van der Waals surface area contributed by atoms with Gasteiger partial charge in [-0.15, -0.1) is 0 Å². The van der Waals surface area contributed by atoms with Crippen molar-refractivity contribution in [2.75, 3.05) is 0 Å². The van der Waals surface area contributed by atoms with Gasteiger partial charge in [0.15, 0.2) is 0 Å². The van der Waals surface area contributed by atoms with Gasteiger partial charge in [-0.25, -0.2) is 9.59 Å². The molecule has 0 aliphatic heterocycles. The molecule has 0 aliphatic rings.